The molecule has 0 spiro atoms. The van der Waals surface area contributed by atoms with E-state index < -0.39 is 26.5 Å². The fourth-order valence-electron chi connectivity index (χ4n) is 4.41. The van der Waals surface area contributed by atoms with Gasteiger partial charge in [0.2, 0.25) is 0 Å². The largest absolute Gasteiger partial charge is 0.453 e. The molecule has 2 unspecified atom stereocenters. The van der Waals surface area contributed by atoms with E-state index in [0.29, 0.717) is 33.8 Å². The third-order valence-electron chi connectivity index (χ3n) is 6.01. The molecule has 0 amide bonds. The van der Waals surface area contributed by atoms with Crippen molar-refractivity contribution in [3.05, 3.63) is 97.1 Å². The molecule has 0 aromatic heterocycles. The Balaban J connectivity index is 1.48. The van der Waals surface area contributed by atoms with Crippen molar-refractivity contribution in [2.45, 2.75) is 0 Å². The molecule has 2 N–H and O–H groups in total. The van der Waals surface area contributed by atoms with Gasteiger partial charge in [-0.25, -0.2) is 9.59 Å². The highest BCUT2D eigenvalue weighted by Crippen LogP contribution is 2.68. The van der Waals surface area contributed by atoms with Gasteiger partial charge in [0.1, 0.15) is 0 Å². The number of carbonyl (C=O) groups is 2. The van der Waals surface area contributed by atoms with Gasteiger partial charge in [-0.15, -0.1) is 0 Å². The third-order valence-corrected chi connectivity index (χ3v) is 10.7. The first-order valence-corrected chi connectivity index (χ1v) is 13.9. The summed E-state index contributed by atoms with van der Waals surface area (Å²) >= 11 is 0. The molecule has 4 aromatic carbocycles. The minimum absolute atomic E-state index is 0.240. The Labute approximate surface area is 196 Å². The van der Waals surface area contributed by atoms with Crippen LogP contribution in [0.1, 0.15) is 0 Å². The zero-order valence-corrected chi connectivity index (χ0v) is 19.4. The van der Waals surface area contributed by atoms with Crippen molar-refractivity contribution >= 4 is 37.1 Å². The van der Waals surface area contributed by atoms with Crippen LogP contribution in [-0.4, -0.2) is 20.8 Å². The lowest BCUT2D eigenvalue weighted by Gasteiger charge is -2.27. The van der Waals surface area contributed by atoms with E-state index in [1.54, 1.807) is 72.8 Å². The van der Waals surface area contributed by atoms with Crippen molar-refractivity contribution in [2.75, 3.05) is 0 Å². The van der Waals surface area contributed by atoms with E-state index in [4.69, 9.17) is 9.05 Å². The van der Waals surface area contributed by atoms with Crippen molar-refractivity contribution in [1.29, 1.82) is 0 Å². The average molecular weight is 488 g/mol. The van der Waals surface area contributed by atoms with Crippen molar-refractivity contribution in [2.24, 2.45) is 0 Å². The molecule has 4 aromatic rings. The number of benzene rings is 4. The van der Waals surface area contributed by atoms with E-state index in [0.717, 1.165) is 0 Å². The highest BCUT2D eigenvalue weighted by atomic mass is 31.2. The van der Waals surface area contributed by atoms with Gasteiger partial charge < -0.3 is 9.05 Å². The first kappa shape index (κ1) is 21.2. The van der Waals surface area contributed by atoms with Crippen LogP contribution >= 0.6 is 15.4 Å². The first-order chi connectivity index (χ1) is 16.4. The Morgan fingerprint density at radius 1 is 0.500 bits per heavy atom. The van der Waals surface area contributed by atoms with Crippen LogP contribution in [0.5, 0.6) is 11.5 Å². The highest BCUT2D eigenvalue weighted by molar-refractivity contribution is 8.01. The van der Waals surface area contributed by atoms with Gasteiger partial charge in [0.15, 0.2) is 22.1 Å². The fraction of sp³-hybridized carbons (Fsp3) is 0. The van der Waals surface area contributed by atoms with E-state index >= 15 is 0 Å². The Morgan fingerprint density at radius 2 is 0.824 bits per heavy atom. The van der Waals surface area contributed by atoms with Gasteiger partial charge >= 0.3 is 26.5 Å². The lowest BCUT2D eigenvalue weighted by atomic mass is 10.0. The van der Waals surface area contributed by atoms with Gasteiger partial charge in [0.25, 0.3) is 0 Å². The van der Waals surface area contributed by atoms with Gasteiger partial charge in [-0.3, -0.25) is 0 Å². The van der Waals surface area contributed by atoms with Crippen LogP contribution in [0, 0.1) is 0 Å². The summed E-state index contributed by atoms with van der Waals surface area (Å²) in [4.78, 5) is 50.8. The lowest BCUT2D eigenvalue weighted by Crippen LogP contribution is -2.37. The molecule has 2 atom stereocenters. The maximum atomic E-state index is 13.7. The fourth-order valence-corrected chi connectivity index (χ4v) is 9.05. The molecule has 2 aliphatic heterocycles. The van der Waals surface area contributed by atoms with Gasteiger partial charge in [0, 0.05) is 22.3 Å². The maximum absolute atomic E-state index is 13.7. The first-order valence-electron chi connectivity index (χ1n) is 10.5. The SMILES string of the molecule is O=C(C(=O)[P+]1(O)Oc2ccccc2-c2ccccc21)[P+]1(O)Oc2ccccc2-c2ccccc21. The molecule has 0 bridgehead atoms. The van der Waals surface area contributed by atoms with Crippen LogP contribution in [-0.2, 0) is 9.59 Å². The zero-order chi connectivity index (χ0) is 23.5. The number of carbonyl (C=O) groups excluding carboxylic acids is 2. The molecule has 0 fully saturated rings. The summed E-state index contributed by atoms with van der Waals surface area (Å²) in [7, 11) is -8.28. The monoisotopic (exact) mass is 488 g/mol. The van der Waals surface area contributed by atoms with E-state index in [9.17, 15) is 19.4 Å². The van der Waals surface area contributed by atoms with Gasteiger partial charge in [0.05, 0.1) is 0 Å². The van der Waals surface area contributed by atoms with E-state index in [1.807, 2.05) is 24.3 Å². The van der Waals surface area contributed by atoms with Crippen LogP contribution < -0.4 is 19.7 Å². The van der Waals surface area contributed by atoms with Gasteiger partial charge in [-0.1, -0.05) is 72.8 Å². The van der Waals surface area contributed by atoms with Crippen LogP contribution in [0.15, 0.2) is 97.1 Å². The summed E-state index contributed by atoms with van der Waals surface area (Å²) in [6, 6.07) is 27.6. The Kier molecular flexibility index (Phi) is 4.70. The second-order valence-corrected chi connectivity index (χ2v) is 12.4. The van der Waals surface area contributed by atoms with Crippen molar-refractivity contribution < 1.29 is 28.4 Å². The molecule has 2 aliphatic rings. The van der Waals surface area contributed by atoms with Crippen molar-refractivity contribution in [3.8, 4) is 33.8 Å². The normalized spacial score (nSPS) is 21.6. The zero-order valence-electron chi connectivity index (χ0n) is 17.7. The number of fused-ring (bicyclic) bond motifs is 6. The molecule has 0 saturated carbocycles. The number of para-hydroxylation sites is 2. The summed E-state index contributed by atoms with van der Waals surface area (Å²) < 4.78 is 11.7. The van der Waals surface area contributed by atoms with Crippen molar-refractivity contribution in [1.82, 2.24) is 0 Å². The predicted octanol–water partition coefficient (Wildman–Crippen LogP) is 4.49. The summed E-state index contributed by atoms with van der Waals surface area (Å²) in [5.41, 5.74) is 0.289. The van der Waals surface area contributed by atoms with E-state index in [-0.39, 0.29) is 10.6 Å². The van der Waals surface area contributed by atoms with Crippen LogP contribution in [0.3, 0.4) is 0 Å². The molecule has 0 saturated heterocycles. The summed E-state index contributed by atoms with van der Waals surface area (Å²) in [5.74, 6) is 0.609. The maximum Gasteiger partial charge on any atom is 0.453 e. The Morgan fingerprint density at radius 3 is 1.24 bits per heavy atom. The molecule has 166 valence electrons. The topological polar surface area (TPSA) is 93.1 Å². The molecule has 0 aliphatic carbocycles. The molecule has 6 nitrogen and oxygen atoms in total. The minimum Gasteiger partial charge on any atom is -0.304 e. The highest BCUT2D eigenvalue weighted by Gasteiger charge is 2.70. The molecule has 34 heavy (non-hydrogen) atoms. The Bertz CT molecular complexity index is 1390. The van der Waals surface area contributed by atoms with Crippen molar-refractivity contribution in [3.63, 3.8) is 0 Å². The second-order valence-electron chi connectivity index (χ2n) is 7.97. The molecular weight excluding hydrogens is 470 g/mol. The number of hydrogen-bond acceptors (Lipinski definition) is 6. The summed E-state index contributed by atoms with van der Waals surface area (Å²) in [6.07, 6.45) is 0. The lowest BCUT2D eigenvalue weighted by molar-refractivity contribution is -0.128. The van der Waals surface area contributed by atoms with Crippen LogP contribution in [0.4, 0.5) is 0 Å². The van der Waals surface area contributed by atoms with Gasteiger partial charge in [-0.2, -0.15) is 9.79 Å². The van der Waals surface area contributed by atoms with Crippen LogP contribution in [0.25, 0.3) is 22.3 Å². The Hall–Kier alpha value is -3.40. The summed E-state index contributed by atoms with van der Waals surface area (Å²) in [6.45, 7) is 0. The van der Waals surface area contributed by atoms with E-state index in [2.05, 4.69) is 0 Å². The average Bonchev–Trinajstić information content (AvgIpc) is 2.88. The summed E-state index contributed by atoms with van der Waals surface area (Å²) in [5, 5.41) is 0.480. The van der Waals surface area contributed by atoms with Gasteiger partial charge in [-0.05, 0) is 24.3 Å². The number of hydrogen-bond donors (Lipinski definition) is 2. The third kappa shape index (κ3) is 2.91. The smallest absolute Gasteiger partial charge is 0.304 e. The predicted molar refractivity (Wildman–Crippen MR) is 133 cm³/mol. The van der Waals surface area contributed by atoms with Crippen LogP contribution in [0.2, 0.25) is 0 Å². The minimum atomic E-state index is -4.14. The number of rotatable bonds is 3. The van der Waals surface area contributed by atoms with E-state index in [1.165, 1.54) is 0 Å². The molecule has 8 heteroatoms. The molecule has 6 rings (SSSR count). The molecule has 2 heterocycles. The molecule has 0 radical (unpaired) electrons. The second kappa shape index (κ2) is 7.56. The molecular formula is C26H18O6P2+2. The quantitative estimate of drug-likeness (QED) is 0.326. The standard InChI is InChI=1S/C26H18O6P2/c27-25(33(29)23-15-7-3-11-19(23)17-9-1-5-13-21(17)31-33)26(28)34(30)24-16-8-4-12-20(24)18-10-2-6-14-22(18)32-34/h1-16,29-30H/q+2.